The van der Waals surface area contributed by atoms with Crippen LogP contribution in [-0.4, -0.2) is 15.0 Å². The monoisotopic (exact) mass is 911 g/mol. The number of aryl methyl sites for hydroxylation is 3. The van der Waals surface area contributed by atoms with E-state index in [4.69, 9.17) is 15.0 Å². The van der Waals surface area contributed by atoms with Crippen LogP contribution in [0.25, 0.3) is 44.9 Å². The fourth-order valence-electron chi connectivity index (χ4n) is 14.7. The molecule has 350 valence electrons. The lowest BCUT2D eigenvalue weighted by Gasteiger charge is -2.67. The molecule has 13 rings (SSSR count). The molecule has 7 aromatic rings. The molecule has 4 bridgehead atoms. The second-order valence-electron chi connectivity index (χ2n) is 22.4. The Labute approximate surface area is 419 Å². The van der Waals surface area contributed by atoms with Gasteiger partial charge in [-0.3, -0.25) is 15.0 Å². The SMILES string of the molecule is [2H]C1(c2ccc(-c3cc(-c4ccccc4)ncc3CC([2H])([2H])C34CC5CC(CCc6ccc(-c7ccccc7)nc6)(CC(C([2H])([2H])Cc6ccc(-c7ccccc7)nc6)(C5)C3)C4)cc2)CCC2(CCCCC2)CC1. The average molecular weight is 911 g/mol. The predicted molar refractivity (Wildman–Crippen MR) is 285 cm³/mol. The Bertz CT molecular complexity index is 3060. The lowest BCUT2D eigenvalue weighted by atomic mass is 9.37. The fraction of sp³-hybridized carbons (Fsp3) is 0.409. The first-order valence-electron chi connectivity index (χ1n) is 28.9. The van der Waals surface area contributed by atoms with Crippen molar-refractivity contribution in [1.82, 2.24) is 15.0 Å². The van der Waals surface area contributed by atoms with Crippen molar-refractivity contribution in [3.8, 4) is 44.9 Å². The Morgan fingerprint density at radius 2 is 1.00 bits per heavy atom. The molecule has 4 atom stereocenters. The highest BCUT2D eigenvalue weighted by atomic mass is 14.7. The quantitative estimate of drug-likeness (QED) is 0.109. The number of rotatable bonds is 14. The van der Waals surface area contributed by atoms with Gasteiger partial charge >= 0.3 is 0 Å². The zero-order valence-corrected chi connectivity index (χ0v) is 40.4. The van der Waals surface area contributed by atoms with Crippen molar-refractivity contribution in [2.24, 2.45) is 27.6 Å². The van der Waals surface area contributed by atoms with Crippen molar-refractivity contribution in [1.29, 1.82) is 0 Å². The first-order valence-corrected chi connectivity index (χ1v) is 26.4. The molecular formula is C66H71N3. The molecule has 3 aromatic heterocycles. The number of nitrogens with zero attached hydrogens (tertiary/aromatic N) is 3. The second-order valence-corrected chi connectivity index (χ2v) is 22.4. The molecule has 0 radical (unpaired) electrons. The van der Waals surface area contributed by atoms with E-state index in [1.54, 1.807) is 0 Å². The zero-order chi connectivity index (χ0) is 50.7. The minimum atomic E-state index is -1.66. The number of benzene rings is 4. The van der Waals surface area contributed by atoms with E-state index in [9.17, 15) is 6.85 Å². The van der Waals surface area contributed by atoms with Gasteiger partial charge in [-0.15, -0.1) is 0 Å². The van der Waals surface area contributed by atoms with Gasteiger partial charge in [-0.25, -0.2) is 0 Å². The Kier molecular flexibility index (Phi) is 10.7. The van der Waals surface area contributed by atoms with E-state index in [0.29, 0.717) is 11.8 Å². The first-order chi connectivity index (χ1) is 35.8. The van der Waals surface area contributed by atoms with E-state index < -0.39 is 29.5 Å². The van der Waals surface area contributed by atoms with Crippen LogP contribution in [0.4, 0.5) is 0 Å². The standard InChI is InChI=1S/C66H71N3/c1-5-13-55(14-6-1)60-25-19-49(43-67-60)27-34-64-40-51-41-65(46-64,35-28-50-20-26-61(68-44-50)56-15-7-2-8-16-56)48-66(42-51,47-64)38-31-58-45-69-62(57-17-9-3-10-18-57)39-59(58)54-23-21-52(22-24-54)53-29-36-63(37-30-53)32-11-4-12-33-63/h1-3,5-10,13-26,39,43-45,51,53H,4,11-12,27-38,40-42,46-48H2/i34D2,38D2,53D. The van der Waals surface area contributed by atoms with Gasteiger partial charge in [0.05, 0.1) is 17.1 Å². The van der Waals surface area contributed by atoms with Gasteiger partial charge in [-0.05, 0) is 201 Å². The van der Waals surface area contributed by atoms with E-state index >= 15 is 0 Å². The number of pyridine rings is 3. The second kappa shape index (κ2) is 18.9. The highest BCUT2D eigenvalue weighted by Crippen LogP contribution is 2.73. The van der Waals surface area contributed by atoms with E-state index in [2.05, 4.69) is 84.9 Å². The molecule has 0 amide bonds. The summed E-state index contributed by atoms with van der Waals surface area (Å²) in [5.74, 6) is -0.363. The molecule has 0 aliphatic heterocycles. The van der Waals surface area contributed by atoms with E-state index in [1.807, 2.05) is 79.3 Å². The molecule has 3 heterocycles. The third-order valence-corrected chi connectivity index (χ3v) is 17.7. The summed E-state index contributed by atoms with van der Waals surface area (Å²) in [5, 5.41) is 0. The Morgan fingerprint density at radius 1 is 0.478 bits per heavy atom. The first kappa shape index (κ1) is 39.1. The Balaban J connectivity index is 0.873. The van der Waals surface area contributed by atoms with Crippen LogP contribution in [0.2, 0.25) is 0 Å². The third kappa shape index (κ3) is 9.52. The maximum atomic E-state index is 10.6. The smallest absolute Gasteiger partial charge is 0.0708 e. The highest BCUT2D eigenvalue weighted by molar-refractivity contribution is 5.73. The molecule has 0 N–H and O–H groups in total. The van der Waals surface area contributed by atoms with Gasteiger partial charge < -0.3 is 0 Å². The van der Waals surface area contributed by atoms with E-state index in [1.165, 1.54) is 37.7 Å². The molecule has 6 fully saturated rings. The molecule has 6 aliphatic rings. The third-order valence-electron chi connectivity index (χ3n) is 17.7. The number of hydrogen-bond donors (Lipinski definition) is 0. The maximum Gasteiger partial charge on any atom is 0.0708 e. The van der Waals surface area contributed by atoms with Crippen LogP contribution >= 0.6 is 0 Å². The number of aromatic nitrogens is 3. The molecule has 4 aromatic carbocycles. The minimum Gasteiger partial charge on any atom is -0.256 e. The van der Waals surface area contributed by atoms with Gasteiger partial charge in [-0.1, -0.05) is 147 Å². The summed E-state index contributed by atoms with van der Waals surface area (Å²) in [6.45, 7) is 0. The average Bonchev–Trinajstić information content (AvgIpc) is 3.47. The molecule has 6 aliphatic carbocycles. The molecule has 1 spiro atoms. The molecule has 0 saturated heterocycles. The van der Waals surface area contributed by atoms with Crippen LogP contribution < -0.4 is 0 Å². The molecule has 3 nitrogen and oxygen atoms in total. The van der Waals surface area contributed by atoms with E-state index in [-0.39, 0.29) is 24.2 Å². The molecular weight excluding hydrogens is 835 g/mol. The lowest BCUT2D eigenvalue weighted by molar-refractivity contribution is -0.166. The van der Waals surface area contributed by atoms with Crippen molar-refractivity contribution in [3.05, 3.63) is 186 Å². The van der Waals surface area contributed by atoms with Gasteiger partial charge in [0.2, 0.25) is 0 Å². The highest BCUT2D eigenvalue weighted by Gasteiger charge is 2.62. The van der Waals surface area contributed by atoms with Crippen molar-refractivity contribution in [2.75, 3.05) is 0 Å². The van der Waals surface area contributed by atoms with Gasteiger partial charge in [-0.2, -0.15) is 0 Å². The Morgan fingerprint density at radius 3 is 1.58 bits per heavy atom. The summed E-state index contributed by atoms with van der Waals surface area (Å²) >= 11 is 0. The van der Waals surface area contributed by atoms with Crippen molar-refractivity contribution in [2.45, 2.75) is 141 Å². The molecule has 3 heteroatoms. The summed E-state index contributed by atoms with van der Waals surface area (Å²) in [6.07, 6.45) is 20.1. The van der Waals surface area contributed by atoms with Crippen molar-refractivity contribution >= 4 is 0 Å². The zero-order valence-electron chi connectivity index (χ0n) is 45.4. The van der Waals surface area contributed by atoms with Crippen LogP contribution in [0.5, 0.6) is 0 Å². The van der Waals surface area contributed by atoms with E-state index in [0.717, 1.165) is 132 Å². The molecule has 4 unspecified atom stereocenters. The maximum absolute atomic E-state index is 10.6. The fourth-order valence-corrected chi connectivity index (χ4v) is 14.7. The van der Waals surface area contributed by atoms with Gasteiger partial charge in [0.1, 0.15) is 0 Å². The summed E-state index contributed by atoms with van der Waals surface area (Å²) < 4.78 is 51.4. The predicted octanol–water partition coefficient (Wildman–Crippen LogP) is 17.3. The molecule has 69 heavy (non-hydrogen) atoms. The summed E-state index contributed by atoms with van der Waals surface area (Å²) in [5.41, 5.74) is 10.7. The Hall–Kier alpha value is -5.67. The van der Waals surface area contributed by atoms with Crippen LogP contribution in [-0.2, 0) is 19.3 Å². The normalized spacial score (nSPS) is 26.9. The largest absolute Gasteiger partial charge is 0.256 e. The minimum absolute atomic E-state index is 0.189. The van der Waals surface area contributed by atoms with Crippen molar-refractivity contribution < 1.29 is 6.85 Å². The van der Waals surface area contributed by atoms with Gasteiger partial charge in [0.25, 0.3) is 0 Å². The topological polar surface area (TPSA) is 38.7 Å². The summed E-state index contributed by atoms with van der Waals surface area (Å²) in [7, 11) is 0. The molecule has 6 saturated carbocycles. The van der Waals surface area contributed by atoms with Crippen LogP contribution in [0.15, 0.2) is 164 Å². The van der Waals surface area contributed by atoms with Crippen LogP contribution in [0, 0.1) is 27.6 Å². The number of hydrogen-bond acceptors (Lipinski definition) is 3. The summed E-state index contributed by atoms with van der Waals surface area (Å²) in [4.78, 5) is 14.8. The van der Waals surface area contributed by atoms with Gasteiger partial charge in [0, 0.05) is 42.1 Å². The van der Waals surface area contributed by atoms with Gasteiger partial charge in [0.15, 0.2) is 0 Å². The lowest BCUT2D eigenvalue weighted by Crippen LogP contribution is -2.57. The van der Waals surface area contributed by atoms with Crippen molar-refractivity contribution in [3.63, 3.8) is 0 Å². The van der Waals surface area contributed by atoms with Crippen LogP contribution in [0.1, 0.15) is 150 Å². The van der Waals surface area contributed by atoms with Crippen LogP contribution in [0.3, 0.4) is 0 Å². The summed E-state index contributed by atoms with van der Waals surface area (Å²) in [6, 6.07) is 50.0.